The average molecular weight is 360 g/mol. The highest BCUT2D eigenvalue weighted by Crippen LogP contribution is 2.26. The number of carbonyl (C=O) groups is 1. The number of hydrogen-bond acceptors (Lipinski definition) is 3. The van der Waals surface area contributed by atoms with Crippen LogP contribution >= 0.6 is 0 Å². The minimum Gasteiger partial charge on any atom is -0.491 e. The zero-order valence-electron chi connectivity index (χ0n) is 15.4. The number of ether oxygens (including phenoxy) is 1. The van der Waals surface area contributed by atoms with Crippen molar-refractivity contribution in [3.05, 3.63) is 84.4 Å². The molecule has 0 aliphatic rings. The smallest absolute Gasteiger partial charge is 0.257 e. The summed E-state index contributed by atoms with van der Waals surface area (Å²) in [5, 5.41) is 6.28. The molecule has 27 heavy (non-hydrogen) atoms. The molecule has 0 aliphatic carbocycles. The first kappa shape index (κ1) is 18.5. The Labute approximate surface area is 160 Å². The molecule has 0 spiro atoms. The standard InChI is InChI=1S/C23H24N2O2/c1-2-3-17-27-22-16-10-9-15-21(22)25-23(26)19-13-7-8-14-20(19)24-18-11-5-4-6-12-18/h4-16,24H,2-3,17H2,1H3,(H,25,26). The third-order valence-corrected chi connectivity index (χ3v) is 4.12. The van der Waals surface area contributed by atoms with Crippen molar-refractivity contribution >= 4 is 23.0 Å². The van der Waals surface area contributed by atoms with Crippen LogP contribution in [0.2, 0.25) is 0 Å². The highest BCUT2D eigenvalue weighted by molar-refractivity contribution is 6.09. The summed E-state index contributed by atoms with van der Waals surface area (Å²) in [6, 6.07) is 24.8. The SMILES string of the molecule is CCCCOc1ccccc1NC(=O)c1ccccc1Nc1ccccc1. The number of amides is 1. The van der Waals surface area contributed by atoms with Gasteiger partial charge in [0, 0.05) is 5.69 Å². The van der Waals surface area contributed by atoms with E-state index in [-0.39, 0.29) is 5.91 Å². The fraction of sp³-hybridized carbons (Fsp3) is 0.174. The van der Waals surface area contributed by atoms with E-state index in [1.165, 1.54) is 0 Å². The quantitative estimate of drug-likeness (QED) is 0.495. The topological polar surface area (TPSA) is 50.4 Å². The number of carbonyl (C=O) groups excluding carboxylic acids is 1. The van der Waals surface area contributed by atoms with Crippen molar-refractivity contribution in [3.63, 3.8) is 0 Å². The minimum atomic E-state index is -0.180. The second-order valence-electron chi connectivity index (χ2n) is 6.19. The Morgan fingerprint density at radius 3 is 2.30 bits per heavy atom. The molecular weight excluding hydrogens is 336 g/mol. The third-order valence-electron chi connectivity index (χ3n) is 4.12. The lowest BCUT2D eigenvalue weighted by molar-refractivity contribution is 0.102. The lowest BCUT2D eigenvalue weighted by Crippen LogP contribution is -2.14. The Morgan fingerprint density at radius 2 is 1.52 bits per heavy atom. The Bertz CT molecular complexity index is 878. The van der Waals surface area contributed by atoms with Crippen molar-refractivity contribution < 1.29 is 9.53 Å². The molecule has 1 amide bonds. The zero-order valence-corrected chi connectivity index (χ0v) is 15.4. The fourth-order valence-electron chi connectivity index (χ4n) is 2.68. The van der Waals surface area contributed by atoms with Gasteiger partial charge < -0.3 is 15.4 Å². The largest absolute Gasteiger partial charge is 0.491 e. The van der Waals surface area contributed by atoms with Gasteiger partial charge in [-0.1, -0.05) is 55.8 Å². The van der Waals surface area contributed by atoms with E-state index in [2.05, 4.69) is 17.6 Å². The molecule has 3 aromatic carbocycles. The van der Waals surface area contributed by atoms with Crippen LogP contribution in [0.25, 0.3) is 0 Å². The number of para-hydroxylation sites is 4. The van der Waals surface area contributed by atoms with Crippen LogP contribution in [0, 0.1) is 0 Å². The van der Waals surface area contributed by atoms with E-state index in [9.17, 15) is 4.79 Å². The van der Waals surface area contributed by atoms with Gasteiger partial charge in [0.05, 0.1) is 23.5 Å². The molecule has 0 aromatic heterocycles. The maximum absolute atomic E-state index is 12.9. The fourth-order valence-corrected chi connectivity index (χ4v) is 2.68. The molecule has 4 heteroatoms. The van der Waals surface area contributed by atoms with E-state index >= 15 is 0 Å². The molecule has 0 unspecified atom stereocenters. The molecule has 0 atom stereocenters. The summed E-state index contributed by atoms with van der Waals surface area (Å²) < 4.78 is 5.81. The van der Waals surface area contributed by atoms with Gasteiger partial charge in [-0.15, -0.1) is 0 Å². The van der Waals surface area contributed by atoms with Crippen LogP contribution in [-0.2, 0) is 0 Å². The maximum atomic E-state index is 12.9. The van der Waals surface area contributed by atoms with Gasteiger partial charge in [0.25, 0.3) is 5.91 Å². The number of hydrogen-bond donors (Lipinski definition) is 2. The van der Waals surface area contributed by atoms with Crippen LogP contribution in [-0.4, -0.2) is 12.5 Å². The predicted octanol–water partition coefficient (Wildman–Crippen LogP) is 5.86. The Balaban J connectivity index is 1.77. The van der Waals surface area contributed by atoms with E-state index in [4.69, 9.17) is 4.74 Å². The summed E-state index contributed by atoms with van der Waals surface area (Å²) in [6.45, 7) is 2.75. The predicted molar refractivity (Wildman–Crippen MR) is 111 cm³/mol. The lowest BCUT2D eigenvalue weighted by atomic mass is 10.1. The Hall–Kier alpha value is -3.27. The minimum absolute atomic E-state index is 0.180. The van der Waals surface area contributed by atoms with Gasteiger partial charge in [-0.2, -0.15) is 0 Å². The van der Waals surface area contributed by atoms with E-state index in [1.54, 1.807) is 6.07 Å². The summed E-state index contributed by atoms with van der Waals surface area (Å²) in [5.74, 6) is 0.508. The van der Waals surface area contributed by atoms with E-state index < -0.39 is 0 Å². The van der Waals surface area contributed by atoms with Crippen LogP contribution in [0.1, 0.15) is 30.1 Å². The third kappa shape index (κ3) is 5.11. The van der Waals surface area contributed by atoms with Crippen LogP contribution < -0.4 is 15.4 Å². The number of anilines is 3. The number of rotatable bonds is 8. The number of nitrogens with one attached hydrogen (secondary N) is 2. The van der Waals surface area contributed by atoms with Gasteiger partial charge in [0.15, 0.2) is 0 Å². The van der Waals surface area contributed by atoms with Gasteiger partial charge in [0.1, 0.15) is 5.75 Å². The number of benzene rings is 3. The van der Waals surface area contributed by atoms with E-state index in [0.29, 0.717) is 23.6 Å². The van der Waals surface area contributed by atoms with Crippen molar-refractivity contribution in [2.45, 2.75) is 19.8 Å². The first-order valence-electron chi connectivity index (χ1n) is 9.22. The highest BCUT2D eigenvalue weighted by Gasteiger charge is 2.13. The molecule has 2 N–H and O–H groups in total. The second kappa shape index (κ2) is 9.43. The van der Waals surface area contributed by atoms with Crippen LogP contribution in [0.4, 0.5) is 17.1 Å². The van der Waals surface area contributed by atoms with Gasteiger partial charge in [-0.3, -0.25) is 4.79 Å². The molecule has 0 bridgehead atoms. The first-order valence-corrected chi connectivity index (χ1v) is 9.22. The monoisotopic (exact) mass is 360 g/mol. The molecule has 4 nitrogen and oxygen atoms in total. The van der Waals surface area contributed by atoms with Crippen molar-refractivity contribution in [3.8, 4) is 5.75 Å². The first-order chi connectivity index (χ1) is 13.3. The summed E-state index contributed by atoms with van der Waals surface area (Å²) in [4.78, 5) is 12.9. The zero-order chi connectivity index (χ0) is 18.9. The molecule has 3 rings (SSSR count). The molecule has 0 heterocycles. The summed E-state index contributed by atoms with van der Waals surface area (Å²) in [7, 11) is 0. The normalized spacial score (nSPS) is 10.3. The Morgan fingerprint density at radius 1 is 0.852 bits per heavy atom. The summed E-state index contributed by atoms with van der Waals surface area (Å²) in [5.41, 5.74) is 2.93. The molecule has 0 saturated carbocycles. The second-order valence-corrected chi connectivity index (χ2v) is 6.19. The number of unbranched alkanes of at least 4 members (excludes halogenated alkanes) is 1. The molecule has 138 valence electrons. The highest BCUT2D eigenvalue weighted by atomic mass is 16.5. The molecular formula is C23H24N2O2. The van der Waals surface area contributed by atoms with Gasteiger partial charge in [0.2, 0.25) is 0 Å². The molecule has 3 aromatic rings. The summed E-state index contributed by atoms with van der Waals surface area (Å²) >= 11 is 0. The van der Waals surface area contributed by atoms with Crippen LogP contribution in [0.5, 0.6) is 5.75 Å². The molecule has 0 saturated heterocycles. The van der Waals surface area contributed by atoms with Gasteiger partial charge in [-0.25, -0.2) is 0 Å². The van der Waals surface area contributed by atoms with Crippen LogP contribution in [0.15, 0.2) is 78.9 Å². The van der Waals surface area contributed by atoms with E-state index in [1.807, 2.05) is 72.8 Å². The molecule has 0 radical (unpaired) electrons. The van der Waals surface area contributed by atoms with Crippen molar-refractivity contribution in [2.75, 3.05) is 17.2 Å². The van der Waals surface area contributed by atoms with Gasteiger partial charge in [-0.05, 0) is 42.8 Å². The summed E-state index contributed by atoms with van der Waals surface area (Å²) in [6.07, 6.45) is 2.04. The average Bonchev–Trinajstić information content (AvgIpc) is 2.70. The van der Waals surface area contributed by atoms with Crippen molar-refractivity contribution in [1.29, 1.82) is 0 Å². The van der Waals surface area contributed by atoms with Crippen molar-refractivity contribution in [1.82, 2.24) is 0 Å². The lowest BCUT2D eigenvalue weighted by Gasteiger charge is -2.15. The molecule has 0 fully saturated rings. The van der Waals surface area contributed by atoms with Crippen LogP contribution in [0.3, 0.4) is 0 Å². The Kier molecular flexibility index (Phi) is 6.47. The maximum Gasteiger partial charge on any atom is 0.257 e. The van der Waals surface area contributed by atoms with Crippen molar-refractivity contribution in [2.24, 2.45) is 0 Å². The van der Waals surface area contributed by atoms with E-state index in [0.717, 1.165) is 24.2 Å². The van der Waals surface area contributed by atoms with Gasteiger partial charge >= 0.3 is 0 Å². The molecule has 0 aliphatic heterocycles.